The highest BCUT2D eigenvalue weighted by Crippen LogP contribution is 2.44. The van der Waals surface area contributed by atoms with Gasteiger partial charge in [0.15, 0.2) is 0 Å². The number of fused-ring (bicyclic) bond motifs is 3. The molecule has 0 aliphatic heterocycles. The number of carbonyl (C=O) groups is 3. The van der Waals surface area contributed by atoms with E-state index in [2.05, 4.69) is 34.9 Å². The maximum Gasteiger partial charge on any atom is 0.407 e. The van der Waals surface area contributed by atoms with Gasteiger partial charge in [0.1, 0.15) is 6.61 Å². The van der Waals surface area contributed by atoms with Crippen molar-refractivity contribution in [2.75, 3.05) is 13.2 Å². The normalized spacial score (nSPS) is 13.1. The lowest BCUT2D eigenvalue weighted by atomic mass is 9.98. The van der Waals surface area contributed by atoms with Crippen LogP contribution in [0.15, 0.2) is 48.5 Å². The van der Waals surface area contributed by atoms with Crippen LogP contribution in [0.5, 0.6) is 0 Å². The standard InChI is InChI=1S/C24H28N2O5/c1-2-16(11-12-23(28)29)26-22(27)13-14-25-24(30)31-15-21-19-9-5-3-7-17(19)18-8-4-6-10-20(18)21/h3-10,16,21H,2,11-15H2,1H3,(H,25,30)(H,26,27)(H,28,29). The lowest BCUT2D eigenvalue weighted by molar-refractivity contribution is -0.137. The predicted octanol–water partition coefficient (Wildman–Crippen LogP) is 3.67. The van der Waals surface area contributed by atoms with Gasteiger partial charge in [0, 0.05) is 31.3 Å². The minimum Gasteiger partial charge on any atom is -0.481 e. The fraction of sp³-hybridized carbons (Fsp3) is 0.375. The Kier molecular flexibility index (Phi) is 7.65. The smallest absolute Gasteiger partial charge is 0.407 e. The summed E-state index contributed by atoms with van der Waals surface area (Å²) in [6, 6.07) is 16.0. The average Bonchev–Trinajstić information content (AvgIpc) is 3.09. The van der Waals surface area contributed by atoms with E-state index in [0.717, 1.165) is 22.3 Å². The van der Waals surface area contributed by atoms with Crippen molar-refractivity contribution in [2.45, 2.75) is 44.6 Å². The van der Waals surface area contributed by atoms with E-state index in [-0.39, 0.29) is 43.9 Å². The van der Waals surface area contributed by atoms with Crippen molar-refractivity contribution in [1.82, 2.24) is 10.6 Å². The molecule has 2 aromatic rings. The Morgan fingerprint density at radius 3 is 2.19 bits per heavy atom. The Balaban J connectivity index is 1.44. The molecule has 7 nitrogen and oxygen atoms in total. The number of nitrogens with one attached hydrogen (secondary N) is 2. The van der Waals surface area contributed by atoms with Crippen LogP contribution in [0.2, 0.25) is 0 Å². The van der Waals surface area contributed by atoms with Gasteiger partial charge in [-0.3, -0.25) is 9.59 Å². The molecular weight excluding hydrogens is 396 g/mol. The molecule has 0 radical (unpaired) electrons. The van der Waals surface area contributed by atoms with Crippen molar-refractivity contribution in [3.05, 3.63) is 59.7 Å². The second-order valence-corrected chi connectivity index (χ2v) is 7.61. The van der Waals surface area contributed by atoms with Crippen LogP contribution in [0.3, 0.4) is 0 Å². The zero-order chi connectivity index (χ0) is 22.2. The van der Waals surface area contributed by atoms with E-state index in [1.807, 2.05) is 31.2 Å². The molecule has 2 aromatic carbocycles. The van der Waals surface area contributed by atoms with E-state index in [9.17, 15) is 14.4 Å². The van der Waals surface area contributed by atoms with E-state index < -0.39 is 12.1 Å². The summed E-state index contributed by atoms with van der Waals surface area (Å²) in [5.74, 6) is -1.12. The zero-order valence-corrected chi connectivity index (χ0v) is 17.6. The van der Waals surface area contributed by atoms with Crippen LogP contribution in [-0.4, -0.2) is 42.3 Å². The maximum atomic E-state index is 12.1. The van der Waals surface area contributed by atoms with Crippen molar-refractivity contribution in [3.63, 3.8) is 0 Å². The minimum absolute atomic E-state index is 0.0107. The Morgan fingerprint density at radius 2 is 1.61 bits per heavy atom. The summed E-state index contributed by atoms with van der Waals surface area (Å²) in [7, 11) is 0. The first-order chi connectivity index (χ1) is 15.0. The first-order valence-corrected chi connectivity index (χ1v) is 10.6. The number of hydrogen-bond acceptors (Lipinski definition) is 4. The molecule has 2 amide bonds. The summed E-state index contributed by atoms with van der Waals surface area (Å²) in [6.45, 7) is 2.26. The van der Waals surface area contributed by atoms with Crippen LogP contribution in [0.1, 0.15) is 49.7 Å². The second kappa shape index (κ2) is 10.6. The highest BCUT2D eigenvalue weighted by atomic mass is 16.5. The van der Waals surface area contributed by atoms with Gasteiger partial charge in [-0.1, -0.05) is 55.5 Å². The number of alkyl carbamates (subject to hydrolysis) is 1. The SMILES string of the molecule is CCC(CCC(=O)O)NC(=O)CCNC(=O)OCC1c2ccccc2-c2ccccc21. The Labute approximate surface area is 181 Å². The molecule has 0 bridgehead atoms. The van der Waals surface area contributed by atoms with E-state index in [1.165, 1.54) is 0 Å². The Hall–Kier alpha value is -3.35. The summed E-state index contributed by atoms with van der Waals surface area (Å²) in [4.78, 5) is 34.8. The number of amides is 2. The molecule has 7 heteroatoms. The van der Waals surface area contributed by atoms with Gasteiger partial charge in [-0.15, -0.1) is 0 Å². The van der Waals surface area contributed by atoms with Crippen molar-refractivity contribution >= 4 is 18.0 Å². The molecular formula is C24H28N2O5. The lowest BCUT2D eigenvalue weighted by Crippen LogP contribution is -2.37. The topological polar surface area (TPSA) is 105 Å². The van der Waals surface area contributed by atoms with Gasteiger partial charge in [0.05, 0.1) is 0 Å². The molecule has 3 N–H and O–H groups in total. The number of hydrogen-bond donors (Lipinski definition) is 3. The number of aliphatic carboxylic acids is 1. The molecule has 1 atom stereocenters. The first kappa shape index (κ1) is 22.3. The molecule has 164 valence electrons. The fourth-order valence-corrected chi connectivity index (χ4v) is 3.90. The summed E-state index contributed by atoms with van der Waals surface area (Å²) in [5.41, 5.74) is 4.61. The third kappa shape index (κ3) is 5.84. The van der Waals surface area contributed by atoms with Crippen LogP contribution in [0.25, 0.3) is 11.1 Å². The van der Waals surface area contributed by atoms with Crippen LogP contribution < -0.4 is 10.6 Å². The lowest BCUT2D eigenvalue weighted by Gasteiger charge is -2.16. The van der Waals surface area contributed by atoms with E-state index in [4.69, 9.17) is 9.84 Å². The molecule has 1 aliphatic carbocycles. The third-order valence-corrected chi connectivity index (χ3v) is 5.53. The molecule has 0 saturated heterocycles. The van der Waals surface area contributed by atoms with Gasteiger partial charge >= 0.3 is 12.1 Å². The van der Waals surface area contributed by atoms with Crippen molar-refractivity contribution in [1.29, 1.82) is 0 Å². The zero-order valence-electron chi connectivity index (χ0n) is 17.6. The molecule has 0 aromatic heterocycles. The first-order valence-electron chi connectivity index (χ1n) is 10.6. The predicted molar refractivity (Wildman–Crippen MR) is 117 cm³/mol. The highest BCUT2D eigenvalue weighted by molar-refractivity contribution is 5.79. The summed E-state index contributed by atoms with van der Waals surface area (Å²) < 4.78 is 5.44. The number of rotatable bonds is 10. The van der Waals surface area contributed by atoms with E-state index in [1.54, 1.807) is 0 Å². The van der Waals surface area contributed by atoms with Crippen molar-refractivity contribution in [2.24, 2.45) is 0 Å². The molecule has 3 rings (SSSR count). The highest BCUT2D eigenvalue weighted by Gasteiger charge is 2.28. The summed E-state index contributed by atoms with van der Waals surface area (Å²) >= 11 is 0. The Morgan fingerprint density at radius 1 is 1.00 bits per heavy atom. The summed E-state index contributed by atoms with van der Waals surface area (Å²) in [6.07, 6.45) is 0.591. The van der Waals surface area contributed by atoms with Gasteiger partial charge in [0.2, 0.25) is 5.91 Å². The monoisotopic (exact) mass is 424 g/mol. The van der Waals surface area contributed by atoms with E-state index >= 15 is 0 Å². The van der Waals surface area contributed by atoms with Gasteiger partial charge in [0.25, 0.3) is 0 Å². The maximum absolute atomic E-state index is 12.1. The summed E-state index contributed by atoms with van der Waals surface area (Å²) in [5, 5.41) is 14.2. The van der Waals surface area contributed by atoms with Crippen molar-refractivity contribution in [3.8, 4) is 11.1 Å². The van der Waals surface area contributed by atoms with Crippen LogP contribution in [-0.2, 0) is 14.3 Å². The molecule has 0 fully saturated rings. The molecule has 1 unspecified atom stereocenters. The third-order valence-electron chi connectivity index (χ3n) is 5.53. The second-order valence-electron chi connectivity index (χ2n) is 7.61. The Bertz CT molecular complexity index is 898. The average molecular weight is 424 g/mol. The number of carbonyl (C=O) groups excluding carboxylic acids is 2. The number of benzene rings is 2. The molecule has 0 spiro atoms. The van der Waals surface area contributed by atoms with E-state index in [0.29, 0.717) is 12.8 Å². The van der Waals surface area contributed by atoms with Gasteiger partial charge < -0.3 is 20.5 Å². The van der Waals surface area contributed by atoms with Crippen LogP contribution >= 0.6 is 0 Å². The largest absolute Gasteiger partial charge is 0.481 e. The van der Waals surface area contributed by atoms with Crippen LogP contribution in [0.4, 0.5) is 4.79 Å². The molecule has 1 aliphatic rings. The quantitative estimate of drug-likeness (QED) is 0.540. The van der Waals surface area contributed by atoms with Gasteiger partial charge in [-0.25, -0.2) is 4.79 Å². The molecule has 31 heavy (non-hydrogen) atoms. The molecule has 0 saturated carbocycles. The fourth-order valence-electron chi connectivity index (χ4n) is 3.90. The van der Waals surface area contributed by atoms with Crippen LogP contribution in [0, 0.1) is 0 Å². The number of carboxylic acid groups (broad SMARTS) is 1. The minimum atomic E-state index is -0.885. The molecule has 0 heterocycles. The van der Waals surface area contributed by atoms with Gasteiger partial charge in [-0.05, 0) is 35.1 Å². The van der Waals surface area contributed by atoms with Crippen molar-refractivity contribution < 1.29 is 24.2 Å². The van der Waals surface area contributed by atoms with Gasteiger partial charge in [-0.2, -0.15) is 0 Å². The number of ether oxygens (including phenoxy) is 1. The number of carboxylic acids is 1.